The van der Waals surface area contributed by atoms with Gasteiger partial charge in [-0.25, -0.2) is 4.79 Å². The van der Waals surface area contributed by atoms with Crippen LogP contribution in [0.4, 0.5) is 5.82 Å². The second-order valence-corrected chi connectivity index (χ2v) is 4.63. The van der Waals surface area contributed by atoms with Crippen LogP contribution in [-0.4, -0.2) is 28.3 Å². The summed E-state index contributed by atoms with van der Waals surface area (Å²) in [6.07, 6.45) is 1.38. The molecule has 100 valence electrons. The average molecular weight is 279 g/mol. The first-order valence-electron chi connectivity index (χ1n) is 5.67. The molecule has 2 aromatic rings. The Labute approximate surface area is 114 Å². The number of esters is 1. The van der Waals surface area contributed by atoms with Crippen LogP contribution in [0.25, 0.3) is 0 Å². The van der Waals surface area contributed by atoms with Gasteiger partial charge in [-0.3, -0.25) is 9.48 Å². The van der Waals surface area contributed by atoms with Crippen molar-refractivity contribution in [1.29, 1.82) is 0 Å². The van der Waals surface area contributed by atoms with Gasteiger partial charge in [0.05, 0.1) is 17.7 Å². The number of nitrogens with zero attached hydrogens (tertiary/aromatic N) is 2. The molecule has 0 atom stereocenters. The number of rotatable bonds is 4. The topological polar surface area (TPSA) is 73.2 Å². The highest BCUT2D eigenvalue weighted by atomic mass is 32.1. The van der Waals surface area contributed by atoms with E-state index in [0.29, 0.717) is 10.7 Å². The van der Waals surface area contributed by atoms with E-state index in [1.165, 1.54) is 22.2 Å². The second kappa shape index (κ2) is 5.66. The smallest absolute Gasteiger partial charge is 0.343 e. The largest absolute Gasteiger partial charge is 0.462 e. The highest BCUT2D eigenvalue weighted by molar-refractivity contribution is 7.12. The van der Waals surface area contributed by atoms with Crippen LogP contribution in [0.3, 0.4) is 0 Å². The number of amides is 1. The molecular formula is C12H13N3O3S. The van der Waals surface area contributed by atoms with Crippen LogP contribution in [0.2, 0.25) is 0 Å². The van der Waals surface area contributed by atoms with Gasteiger partial charge in [-0.2, -0.15) is 5.10 Å². The van der Waals surface area contributed by atoms with Crippen LogP contribution in [0.5, 0.6) is 0 Å². The lowest BCUT2D eigenvalue weighted by Gasteiger charge is -2.07. The molecule has 2 rings (SSSR count). The Morgan fingerprint density at radius 1 is 1.53 bits per heavy atom. The van der Waals surface area contributed by atoms with Crippen molar-refractivity contribution in [2.24, 2.45) is 7.05 Å². The highest BCUT2D eigenvalue weighted by Gasteiger charge is 2.19. The van der Waals surface area contributed by atoms with Gasteiger partial charge >= 0.3 is 5.97 Å². The van der Waals surface area contributed by atoms with Crippen molar-refractivity contribution in [3.63, 3.8) is 0 Å². The number of aryl methyl sites for hydroxylation is 1. The van der Waals surface area contributed by atoms with Crippen molar-refractivity contribution in [1.82, 2.24) is 9.78 Å². The van der Waals surface area contributed by atoms with Crippen LogP contribution in [0.15, 0.2) is 23.7 Å². The molecule has 0 saturated heterocycles. The van der Waals surface area contributed by atoms with Crippen molar-refractivity contribution >= 4 is 29.0 Å². The molecule has 0 unspecified atom stereocenters. The third-order valence-electron chi connectivity index (χ3n) is 2.41. The van der Waals surface area contributed by atoms with Gasteiger partial charge in [0, 0.05) is 7.05 Å². The summed E-state index contributed by atoms with van der Waals surface area (Å²) in [5, 5.41) is 8.44. The Balaban J connectivity index is 2.22. The van der Waals surface area contributed by atoms with Crippen molar-refractivity contribution in [2.45, 2.75) is 6.92 Å². The molecule has 0 aromatic carbocycles. The number of thiophene rings is 1. The number of carbonyl (C=O) groups excluding carboxylic acids is 2. The third-order valence-corrected chi connectivity index (χ3v) is 3.28. The van der Waals surface area contributed by atoms with E-state index in [1.807, 2.05) is 5.38 Å². The molecule has 0 spiro atoms. The Morgan fingerprint density at radius 2 is 2.32 bits per heavy atom. The summed E-state index contributed by atoms with van der Waals surface area (Å²) in [5.41, 5.74) is 0.245. The van der Waals surface area contributed by atoms with Gasteiger partial charge in [0.15, 0.2) is 0 Å². The molecular weight excluding hydrogens is 266 g/mol. The van der Waals surface area contributed by atoms with Crippen LogP contribution in [0, 0.1) is 0 Å². The van der Waals surface area contributed by atoms with E-state index in [2.05, 4.69) is 10.4 Å². The van der Waals surface area contributed by atoms with E-state index in [0.717, 1.165) is 0 Å². The average Bonchev–Trinajstić information content (AvgIpc) is 3.01. The lowest BCUT2D eigenvalue weighted by atomic mass is 10.3. The molecule has 0 aliphatic heterocycles. The fraction of sp³-hybridized carbons (Fsp3) is 0.250. The zero-order valence-electron chi connectivity index (χ0n) is 10.5. The summed E-state index contributed by atoms with van der Waals surface area (Å²) in [4.78, 5) is 24.3. The molecule has 19 heavy (non-hydrogen) atoms. The molecule has 0 aliphatic carbocycles. The number of hydrogen-bond donors (Lipinski definition) is 1. The number of carbonyl (C=O) groups is 2. The van der Waals surface area contributed by atoms with Gasteiger partial charge in [0.2, 0.25) is 0 Å². The van der Waals surface area contributed by atoms with E-state index in [-0.39, 0.29) is 18.1 Å². The number of aromatic nitrogens is 2. The highest BCUT2D eigenvalue weighted by Crippen LogP contribution is 2.18. The van der Waals surface area contributed by atoms with Gasteiger partial charge < -0.3 is 10.1 Å². The van der Waals surface area contributed by atoms with Crippen molar-refractivity contribution in [2.75, 3.05) is 11.9 Å². The van der Waals surface area contributed by atoms with E-state index >= 15 is 0 Å². The molecule has 1 N–H and O–H groups in total. The Bertz CT molecular complexity index is 589. The van der Waals surface area contributed by atoms with Gasteiger partial charge in [0.25, 0.3) is 5.91 Å². The Kier molecular flexibility index (Phi) is 3.96. The first kappa shape index (κ1) is 13.3. The summed E-state index contributed by atoms with van der Waals surface area (Å²) in [7, 11) is 1.65. The minimum absolute atomic E-state index is 0.245. The number of hydrogen-bond acceptors (Lipinski definition) is 5. The predicted molar refractivity (Wildman–Crippen MR) is 71.4 cm³/mol. The van der Waals surface area contributed by atoms with Crippen LogP contribution in [-0.2, 0) is 11.8 Å². The normalized spacial score (nSPS) is 10.2. The maximum absolute atomic E-state index is 12.0. The summed E-state index contributed by atoms with van der Waals surface area (Å²) in [6.45, 7) is 1.99. The first-order chi connectivity index (χ1) is 9.13. The molecule has 0 bridgehead atoms. The minimum atomic E-state index is -0.503. The lowest BCUT2D eigenvalue weighted by Crippen LogP contribution is -2.16. The second-order valence-electron chi connectivity index (χ2n) is 3.68. The van der Waals surface area contributed by atoms with E-state index < -0.39 is 5.97 Å². The summed E-state index contributed by atoms with van der Waals surface area (Å²) in [5.74, 6) is -0.446. The van der Waals surface area contributed by atoms with Crippen LogP contribution < -0.4 is 5.32 Å². The summed E-state index contributed by atoms with van der Waals surface area (Å²) < 4.78 is 6.34. The van der Waals surface area contributed by atoms with Gasteiger partial charge in [-0.05, 0) is 18.4 Å². The zero-order chi connectivity index (χ0) is 13.8. The monoisotopic (exact) mass is 279 g/mol. The molecule has 2 aromatic heterocycles. The number of anilines is 1. The quantitative estimate of drug-likeness (QED) is 0.868. The number of ether oxygens (including phenoxy) is 1. The molecule has 0 saturated carbocycles. The molecule has 0 aliphatic rings. The molecule has 7 heteroatoms. The SMILES string of the molecule is CCOC(=O)c1cnn(C)c1NC(=O)c1cccs1. The van der Waals surface area contributed by atoms with Crippen molar-refractivity contribution < 1.29 is 14.3 Å². The molecule has 6 nitrogen and oxygen atoms in total. The van der Waals surface area contributed by atoms with Crippen LogP contribution >= 0.6 is 11.3 Å². The minimum Gasteiger partial charge on any atom is -0.462 e. The maximum Gasteiger partial charge on any atom is 0.343 e. The van der Waals surface area contributed by atoms with Gasteiger partial charge in [-0.15, -0.1) is 11.3 Å². The summed E-state index contributed by atoms with van der Waals surface area (Å²) in [6, 6.07) is 3.50. The van der Waals surface area contributed by atoms with E-state index in [9.17, 15) is 9.59 Å². The predicted octanol–water partition coefficient (Wildman–Crippen LogP) is 1.91. The Morgan fingerprint density at radius 3 is 2.95 bits per heavy atom. The molecule has 0 fully saturated rings. The fourth-order valence-corrected chi connectivity index (χ4v) is 2.14. The first-order valence-corrected chi connectivity index (χ1v) is 6.55. The molecule has 0 radical (unpaired) electrons. The van der Waals surface area contributed by atoms with Crippen molar-refractivity contribution in [3.05, 3.63) is 34.2 Å². The van der Waals surface area contributed by atoms with Crippen molar-refractivity contribution in [3.8, 4) is 0 Å². The fourth-order valence-electron chi connectivity index (χ4n) is 1.52. The van der Waals surface area contributed by atoms with Gasteiger partial charge in [-0.1, -0.05) is 6.07 Å². The maximum atomic E-state index is 12.0. The zero-order valence-corrected chi connectivity index (χ0v) is 11.4. The third kappa shape index (κ3) is 2.82. The Hall–Kier alpha value is -2.15. The van der Waals surface area contributed by atoms with Gasteiger partial charge in [0.1, 0.15) is 11.4 Å². The lowest BCUT2D eigenvalue weighted by molar-refractivity contribution is 0.0527. The van der Waals surface area contributed by atoms with E-state index in [1.54, 1.807) is 26.1 Å². The molecule has 2 heterocycles. The number of nitrogens with one attached hydrogen (secondary N) is 1. The van der Waals surface area contributed by atoms with Crippen LogP contribution in [0.1, 0.15) is 27.0 Å². The summed E-state index contributed by atoms with van der Waals surface area (Å²) >= 11 is 1.33. The molecule has 1 amide bonds. The van der Waals surface area contributed by atoms with E-state index in [4.69, 9.17) is 4.74 Å². The standard InChI is InChI=1S/C12H13N3O3S/c1-3-18-12(17)8-7-13-15(2)10(8)14-11(16)9-5-4-6-19-9/h4-7H,3H2,1-2H3,(H,14,16).